The fourth-order valence-corrected chi connectivity index (χ4v) is 5.12. The van der Waals surface area contributed by atoms with E-state index in [0.717, 1.165) is 45.3 Å². The Morgan fingerprint density at radius 3 is 1.50 bits per heavy atom. The molecule has 0 saturated heterocycles. The highest BCUT2D eigenvalue weighted by Crippen LogP contribution is 2.62. The molecule has 1 aliphatic heterocycles. The number of ether oxygens (including phenoxy) is 3. The van der Waals surface area contributed by atoms with E-state index in [9.17, 15) is 0 Å². The smallest absolute Gasteiger partial charge is 0.132 e. The molecule has 0 N–H and O–H groups in total. The van der Waals surface area contributed by atoms with Gasteiger partial charge in [-0.05, 0) is 58.7 Å². The lowest BCUT2D eigenvalue weighted by Crippen LogP contribution is -2.32. The standard InChI is InChI=1S/C27H20O3/c1-28-17-11-13-21-19(15-17)20-16-18(29-2)12-14-22(20)27(21)23-7-3-5-9-25(23)30-26-10-6-4-8-24(26)27/h3-16H,1-2H3. The molecule has 4 aromatic carbocycles. The third kappa shape index (κ3) is 2.04. The molecule has 0 amide bonds. The molecule has 4 aromatic rings. The summed E-state index contributed by atoms with van der Waals surface area (Å²) in [5.74, 6) is 3.46. The topological polar surface area (TPSA) is 27.7 Å². The summed E-state index contributed by atoms with van der Waals surface area (Å²) >= 11 is 0. The summed E-state index contributed by atoms with van der Waals surface area (Å²) in [5, 5.41) is 0. The lowest BCUT2D eigenvalue weighted by molar-refractivity contribution is 0.414. The lowest BCUT2D eigenvalue weighted by atomic mass is 9.66. The zero-order valence-electron chi connectivity index (χ0n) is 16.8. The Labute approximate surface area is 175 Å². The van der Waals surface area contributed by atoms with Crippen molar-refractivity contribution < 1.29 is 14.2 Å². The zero-order valence-corrected chi connectivity index (χ0v) is 16.8. The fourth-order valence-electron chi connectivity index (χ4n) is 5.12. The molecular weight excluding hydrogens is 372 g/mol. The van der Waals surface area contributed by atoms with E-state index in [0.29, 0.717) is 0 Å². The lowest BCUT2D eigenvalue weighted by Gasteiger charge is -2.39. The SMILES string of the molecule is COc1ccc2c(c1)-c1cc(OC)ccc1C21c2ccccc2Oc2ccccc21. The van der Waals surface area contributed by atoms with Crippen LogP contribution in [0.1, 0.15) is 22.3 Å². The van der Waals surface area contributed by atoms with Crippen LogP contribution >= 0.6 is 0 Å². The summed E-state index contributed by atoms with van der Waals surface area (Å²) in [4.78, 5) is 0. The molecule has 1 heterocycles. The van der Waals surface area contributed by atoms with Gasteiger partial charge in [0, 0.05) is 11.1 Å². The van der Waals surface area contributed by atoms with Gasteiger partial charge in [0.15, 0.2) is 0 Å². The number of benzene rings is 4. The van der Waals surface area contributed by atoms with Gasteiger partial charge in [0.1, 0.15) is 23.0 Å². The minimum Gasteiger partial charge on any atom is -0.497 e. The first-order chi connectivity index (χ1) is 14.8. The van der Waals surface area contributed by atoms with E-state index in [2.05, 4.69) is 60.7 Å². The highest BCUT2D eigenvalue weighted by molar-refractivity contribution is 5.89. The van der Waals surface area contributed by atoms with Crippen LogP contribution in [0.15, 0.2) is 84.9 Å². The van der Waals surface area contributed by atoms with E-state index in [1.165, 1.54) is 11.1 Å². The van der Waals surface area contributed by atoms with Gasteiger partial charge >= 0.3 is 0 Å². The number of para-hydroxylation sites is 2. The fraction of sp³-hybridized carbons (Fsp3) is 0.111. The normalized spacial score (nSPS) is 14.2. The second-order valence-electron chi connectivity index (χ2n) is 7.67. The molecule has 0 bridgehead atoms. The average Bonchev–Trinajstić information content (AvgIpc) is 3.09. The van der Waals surface area contributed by atoms with Crippen molar-refractivity contribution in [3.8, 4) is 34.1 Å². The average molecular weight is 392 g/mol. The molecule has 0 unspecified atom stereocenters. The number of rotatable bonds is 2. The van der Waals surface area contributed by atoms with Gasteiger partial charge in [-0.3, -0.25) is 0 Å². The van der Waals surface area contributed by atoms with Crippen LogP contribution in [0.4, 0.5) is 0 Å². The predicted molar refractivity (Wildman–Crippen MR) is 117 cm³/mol. The summed E-state index contributed by atoms with van der Waals surface area (Å²) in [5.41, 5.74) is 6.64. The van der Waals surface area contributed by atoms with Gasteiger partial charge in [-0.15, -0.1) is 0 Å². The van der Waals surface area contributed by atoms with Crippen molar-refractivity contribution in [2.24, 2.45) is 0 Å². The Balaban J connectivity index is 1.81. The summed E-state index contributed by atoms with van der Waals surface area (Å²) in [6.45, 7) is 0. The zero-order chi connectivity index (χ0) is 20.3. The summed E-state index contributed by atoms with van der Waals surface area (Å²) in [6, 6.07) is 29.4. The summed E-state index contributed by atoms with van der Waals surface area (Å²) in [7, 11) is 3.41. The summed E-state index contributed by atoms with van der Waals surface area (Å²) in [6.07, 6.45) is 0. The van der Waals surface area contributed by atoms with Crippen molar-refractivity contribution >= 4 is 0 Å². The van der Waals surface area contributed by atoms with Gasteiger partial charge in [0.25, 0.3) is 0 Å². The molecular formula is C27H20O3. The van der Waals surface area contributed by atoms with Crippen molar-refractivity contribution in [3.63, 3.8) is 0 Å². The Hall–Kier alpha value is -3.72. The van der Waals surface area contributed by atoms with Crippen LogP contribution in [0.25, 0.3) is 11.1 Å². The molecule has 6 rings (SSSR count). The Bertz CT molecular complexity index is 1200. The van der Waals surface area contributed by atoms with E-state index in [1.807, 2.05) is 24.3 Å². The number of methoxy groups -OCH3 is 2. The first kappa shape index (κ1) is 17.2. The maximum Gasteiger partial charge on any atom is 0.132 e. The minimum atomic E-state index is -0.450. The van der Waals surface area contributed by atoms with Crippen LogP contribution in [0.5, 0.6) is 23.0 Å². The molecule has 0 atom stereocenters. The molecule has 0 saturated carbocycles. The van der Waals surface area contributed by atoms with Gasteiger partial charge in [-0.2, -0.15) is 0 Å². The van der Waals surface area contributed by atoms with Crippen molar-refractivity contribution in [1.82, 2.24) is 0 Å². The molecule has 30 heavy (non-hydrogen) atoms. The largest absolute Gasteiger partial charge is 0.497 e. The second kappa shape index (κ2) is 6.14. The maximum absolute atomic E-state index is 6.33. The van der Waals surface area contributed by atoms with Gasteiger partial charge in [0.05, 0.1) is 19.6 Å². The van der Waals surface area contributed by atoms with Gasteiger partial charge < -0.3 is 14.2 Å². The molecule has 3 nitrogen and oxygen atoms in total. The Morgan fingerprint density at radius 2 is 1.03 bits per heavy atom. The number of hydrogen-bond acceptors (Lipinski definition) is 3. The quantitative estimate of drug-likeness (QED) is 0.353. The third-order valence-electron chi connectivity index (χ3n) is 6.35. The van der Waals surface area contributed by atoms with Crippen LogP contribution in [0, 0.1) is 0 Å². The number of fused-ring (bicyclic) bond motifs is 9. The molecule has 0 aromatic heterocycles. The van der Waals surface area contributed by atoms with Gasteiger partial charge in [-0.1, -0.05) is 48.5 Å². The molecule has 0 radical (unpaired) electrons. The molecule has 2 aliphatic rings. The third-order valence-corrected chi connectivity index (χ3v) is 6.35. The number of hydrogen-bond donors (Lipinski definition) is 0. The van der Waals surface area contributed by atoms with E-state index >= 15 is 0 Å². The predicted octanol–water partition coefficient (Wildman–Crippen LogP) is 6.17. The van der Waals surface area contributed by atoms with E-state index < -0.39 is 5.41 Å². The van der Waals surface area contributed by atoms with E-state index in [4.69, 9.17) is 14.2 Å². The van der Waals surface area contributed by atoms with Crippen LogP contribution in [-0.4, -0.2) is 14.2 Å². The Kier molecular flexibility index (Phi) is 3.51. The Morgan fingerprint density at radius 1 is 0.567 bits per heavy atom. The van der Waals surface area contributed by atoms with E-state index in [-0.39, 0.29) is 0 Å². The molecule has 1 aliphatic carbocycles. The minimum absolute atomic E-state index is 0.450. The van der Waals surface area contributed by atoms with Gasteiger partial charge in [0.2, 0.25) is 0 Å². The molecule has 1 spiro atoms. The maximum atomic E-state index is 6.33. The first-order valence-corrected chi connectivity index (χ1v) is 10.0. The highest BCUT2D eigenvalue weighted by atomic mass is 16.5. The van der Waals surface area contributed by atoms with Crippen LogP contribution in [0.2, 0.25) is 0 Å². The molecule has 3 heteroatoms. The highest BCUT2D eigenvalue weighted by Gasteiger charge is 2.51. The van der Waals surface area contributed by atoms with Crippen LogP contribution in [0.3, 0.4) is 0 Å². The monoisotopic (exact) mass is 392 g/mol. The van der Waals surface area contributed by atoms with Crippen molar-refractivity contribution in [3.05, 3.63) is 107 Å². The van der Waals surface area contributed by atoms with Crippen molar-refractivity contribution in [1.29, 1.82) is 0 Å². The van der Waals surface area contributed by atoms with Crippen LogP contribution < -0.4 is 14.2 Å². The van der Waals surface area contributed by atoms with Crippen LogP contribution in [-0.2, 0) is 5.41 Å². The van der Waals surface area contributed by atoms with Crippen molar-refractivity contribution in [2.75, 3.05) is 14.2 Å². The first-order valence-electron chi connectivity index (χ1n) is 10.0. The second-order valence-corrected chi connectivity index (χ2v) is 7.67. The van der Waals surface area contributed by atoms with Crippen molar-refractivity contribution in [2.45, 2.75) is 5.41 Å². The summed E-state index contributed by atoms with van der Waals surface area (Å²) < 4.78 is 17.5. The molecule has 0 fully saturated rings. The molecule has 146 valence electrons. The van der Waals surface area contributed by atoms with Gasteiger partial charge in [-0.25, -0.2) is 0 Å². The van der Waals surface area contributed by atoms with E-state index in [1.54, 1.807) is 14.2 Å².